The Labute approximate surface area is 147 Å². The van der Waals surface area contributed by atoms with Gasteiger partial charge in [-0.1, -0.05) is 6.92 Å². The number of urea groups is 1. The highest BCUT2D eigenvalue weighted by atomic mass is 16.4. The lowest BCUT2D eigenvalue weighted by Gasteiger charge is -2.32. The van der Waals surface area contributed by atoms with Crippen molar-refractivity contribution in [1.29, 1.82) is 0 Å². The molecule has 0 bridgehead atoms. The van der Waals surface area contributed by atoms with Crippen LogP contribution in [0.5, 0.6) is 0 Å². The van der Waals surface area contributed by atoms with Crippen LogP contribution in [-0.2, 0) is 6.42 Å². The Hall–Kier alpha value is -2.51. The molecule has 134 valence electrons. The van der Waals surface area contributed by atoms with Gasteiger partial charge in [0.2, 0.25) is 5.89 Å². The van der Waals surface area contributed by atoms with Crippen molar-refractivity contribution in [3.05, 3.63) is 24.5 Å². The zero-order chi connectivity index (χ0) is 17.5. The van der Waals surface area contributed by atoms with E-state index in [1.165, 1.54) is 0 Å². The Morgan fingerprint density at radius 2 is 2.32 bits per heavy atom. The number of hydrogen-bond acceptors (Lipinski definition) is 6. The minimum absolute atomic E-state index is 0.0503. The Kier molecular flexibility index (Phi) is 5.92. The molecule has 8 nitrogen and oxygen atoms in total. The first-order valence-corrected chi connectivity index (χ1v) is 8.87. The van der Waals surface area contributed by atoms with Gasteiger partial charge in [0.15, 0.2) is 0 Å². The van der Waals surface area contributed by atoms with Gasteiger partial charge in [0.25, 0.3) is 5.89 Å². The van der Waals surface area contributed by atoms with Crippen molar-refractivity contribution >= 4 is 6.03 Å². The number of nitrogens with zero attached hydrogens (tertiary/aromatic N) is 5. The van der Waals surface area contributed by atoms with Crippen LogP contribution in [0.15, 0.2) is 23.0 Å². The molecule has 8 heteroatoms. The van der Waals surface area contributed by atoms with Crippen LogP contribution in [0.4, 0.5) is 4.79 Å². The Balaban J connectivity index is 1.50. The molecule has 0 radical (unpaired) electrons. The van der Waals surface area contributed by atoms with E-state index in [1.54, 1.807) is 18.6 Å². The average molecular weight is 344 g/mol. The number of rotatable bonds is 6. The third-order valence-electron chi connectivity index (χ3n) is 4.35. The third kappa shape index (κ3) is 4.74. The molecule has 2 amide bonds. The van der Waals surface area contributed by atoms with E-state index in [9.17, 15) is 4.79 Å². The van der Waals surface area contributed by atoms with E-state index in [0.29, 0.717) is 29.8 Å². The van der Waals surface area contributed by atoms with Crippen LogP contribution in [0.1, 0.15) is 38.5 Å². The van der Waals surface area contributed by atoms with Crippen molar-refractivity contribution in [2.45, 2.75) is 39.0 Å². The first-order chi connectivity index (χ1) is 12.3. The number of carbonyl (C=O) groups excluding carboxylic acids is 1. The lowest BCUT2D eigenvalue weighted by atomic mass is 9.93. The highest BCUT2D eigenvalue weighted by molar-refractivity contribution is 5.74. The summed E-state index contributed by atoms with van der Waals surface area (Å²) in [6.07, 6.45) is 9.56. The Morgan fingerprint density at radius 3 is 3.12 bits per heavy atom. The molecule has 1 N–H and O–H groups in total. The van der Waals surface area contributed by atoms with E-state index in [-0.39, 0.29) is 6.03 Å². The second-order valence-corrected chi connectivity index (χ2v) is 6.32. The van der Waals surface area contributed by atoms with Gasteiger partial charge in [0.1, 0.15) is 5.69 Å². The molecular formula is C17H24N6O2. The first-order valence-electron chi connectivity index (χ1n) is 8.87. The van der Waals surface area contributed by atoms with Crippen molar-refractivity contribution in [3.63, 3.8) is 0 Å². The van der Waals surface area contributed by atoms with Gasteiger partial charge >= 0.3 is 6.03 Å². The predicted molar refractivity (Wildman–Crippen MR) is 91.6 cm³/mol. The standard InChI is InChI=1S/C17H24N6O2/c1-2-7-20-17(24)23-10-3-4-13(12-23)5-6-15-21-22-16(25-15)14-11-18-8-9-19-14/h8-9,11,13H,2-7,10,12H2,1H3,(H,20,24). The summed E-state index contributed by atoms with van der Waals surface area (Å²) < 4.78 is 5.67. The third-order valence-corrected chi connectivity index (χ3v) is 4.35. The normalized spacial score (nSPS) is 17.5. The van der Waals surface area contributed by atoms with Gasteiger partial charge in [-0.3, -0.25) is 4.98 Å². The molecule has 1 unspecified atom stereocenters. The van der Waals surface area contributed by atoms with Crippen LogP contribution < -0.4 is 5.32 Å². The molecule has 1 fully saturated rings. The summed E-state index contributed by atoms with van der Waals surface area (Å²) in [5.41, 5.74) is 0.581. The molecule has 0 spiro atoms. The molecule has 0 aromatic carbocycles. The summed E-state index contributed by atoms with van der Waals surface area (Å²) in [5.74, 6) is 1.47. The maximum Gasteiger partial charge on any atom is 0.317 e. The quantitative estimate of drug-likeness (QED) is 0.863. The van der Waals surface area contributed by atoms with E-state index >= 15 is 0 Å². The SMILES string of the molecule is CCCNC(=O)N1CCCC(CCc2nnc(-c3cnccn3)o2)C1. The van der Waals surface area contributed by atoms with Crippen LogP contribution >= 0.6 is 0 Å². The second kappa shape index (κ2) is 8.55. The number of carbonyl (C=O) groups is 1. The van der Waals surface area contributed by atoms with Gasteiger partial charge in [-0.05, 0) is 31.6 Å². The van der Waals surface area contributed by atoms with Crippen LogP contribution in [0.2, 0.25) is 0 Å². The molecule has 0 aliphatic carbocycles. The summed E-state index contributed by atoms with van der Waals surface area (Å²) in [6, 6.07) is 0.0503. The molecule has 1 aliphatic rings. The number of hydrogen-bond donors (Lipinski definition) is 1. The average Bonchev–Trinajstić information content (AvgIpc) is 3.14. The van der Waals surface area contributed by atoms with Gasteiger partial charge in [0.05, 0.1) is 6.20 Å². The summed E-state index contributed by atoms with van der Waals surface area (Å²) in [5, 5.41) is 11.1. The number of aryl methyl sites for hydroxylation is 1. The van der Waals surface area contributed by atoms with E-state index in [0.717, 1.165) is 45.3 Å². The zero-order valence-corrected chi connectivity index (χ0v) is 14.5. The van der Waals surface area contributed by atoms with Gasteiger partial charge in [-0.2, -0.15) is 0 Å². The van der Waals surface area contributed by atoms with Crippen LogP contribution in [0.25, 0.3) is 11.6 Å². The lowest BCUT2D eigenvalue weighted by Crippen LogP contribution is -2.45. The fourth-order valence-corrected chi connectivity index (χ4v) is 3.02. The van der Waals surface area contributed by atoms with Crippen LogP contribution in [0.3, 0.4) is 0 Å². The fraction of sp³-hybridized carbons (Fsp3) is 0.588. The highest BCUT2D eigenvalue weighted by Gasteiger charge is 2.23. The first kappa shape index (κ1) is 17.3. The van der Waals surface area contributed by atoms with Crippen molar-refractivity contribution in [2.24, 2.45) is 5.92 Å². The lowest BCUT2D eigenvalue weighted by molar-refractivity contribution is 0.162. The largest absolute Gasteiger partial charge is 0.419 e. The number of aromatic nitrogens is 4. The van der Waals surface area contributed by atoms with E-state index in [1.807, 2.05) is 4.90 Å². The zero-order valence-electron chi connectivity index (χ0n) is 14.5. The molecule has 1 saturated heterocycles. The molecule has 2 aromatic heterocycles. The van der Waals surface area contributed by atoms with Crippen molar-refractivity contribution in [3.8, 4) is 11.6 Å². The molecule has 1 atom stereocenters. The van der Waals surface area contributed by atoms with Gasteiger partial charge in [0, 0.05) is 38.4 Å². The molecular weight excluding hydrogens is 320 g/mol. The molecule has 2 aromatic rings. The van der Waals surface area contributed by atoms with Crippen LogP contribution in [0, 0.1) is 5.92 Å². The summed E-state index contributed by atoms with van der Waals surface area (Å²) in [4.78, 5) is 22.2. The summed E-state index contributed by atoms with van der Waals surface area (Å²) in [7, 11) is 0. The number of nitrogens with one attached hydrogen (secondary N) is 1. The molecule has 0 saturated carbocycles. The Bertz CT molecular complexity index is 675. The van der Waals surface area contributed by atoms with Crippen molar-refractivity contribution in [2.75, 3.05) is 19.6 Å². The van der Waals surface area contributed by atoms with Crippen LogP contribution in [-0.4, -0.2) is 50.7 Å². The van der Waals surface area contributed by atoms with E-state index < -0.39 is 0 Å². The van der Waals surface area contributed by atoms with E-state index in [4.69, 9.17) is 4.42 Å². The molecule has 1 aliphatic heterocycles. The summed E-state index contributed by atoms with van der Waals surface area (Å²) in [6.45, 7) is 4.41. The maximum atomic E-state index is 12.1. The minimum atomic E-state index is 0.0503. The number of piperidine rings is 1. The predicted octanol–water partition coefficient (Wildman–Crippen LogP) is 2.29. The van der Waals surface area contributed by atoms with E-state index in [2.05, 4.69) is 32.4 Å². The highest BCUT2D eigenvalue weighted by Crippen LogP contribution is 2.22. The maximum absolute atomic E-state index is 12.1. The topological polar surface area (TPSA) is 97.0 Å². The molecule has 25 heavy (non-hydrogen) atoms. The number of amides is 2. The van der Waals surface area contributed by atoms with Gasteiger partial charge < -0.3 is 14.6 Å². The molecule has 3 heterocycles. The fourth-order valence-electron chi connectivity index (χ4n) is 3.02. The number of likely N-dealkylation sites (tertiary alicyclic amines) is 1. The van der Waals surface area contributed by atoms with Crippen molar-refractivity contribution in [1.82, 2.24) is 30.4 Å². The van der Waals surface area contributed by atoms with Crippen molar-refractivity contribution < 1.29 is 9.21 Å². The van der Waals surface area contributed by atoms with Gasteiger partial charge in [-0.25, -0.2) is 9.78 Å². The second-order valence-electron chi connectivity index (χ2n) is 6.32. The summed E-state index contributed by atoms with van der Waals surface area (Å²) >= 11 is 0. The smallest absolute Gasteiger partial charge is 0.317 e. The Morgan fingerprint density at radius 1 is 1.40 bits per heavy atom. The monoisotopic (exact) mass is 344 g/mol. The van der Waals surface area contributed by atoms with Gasteiger partial charge in [-0.15, -0.1) is 10.2 Å². The minimum Gasteiger partial charge on any atom is -0.419 e. The molecule has 3 rings (SSSR count).